The maximum atomic E-state index is 12.9. The Morgan fingerprint density at radius 2 is 1.92 bits per heavy atom. The van der Waals surface area contributed by atoms with E-state index in [4.69, 9.17) is 23.2 Å². The average Bonchev–Trinajstić information content (AvgIpc) is 2.98. The molecule has 2 aromatic rings. The second kappa shape index (κ2) is 8.06. The van der Waals surface area contributed by atoms with Crippen LogP contribution in [0.4, 0.5) is 10.1 Å². The third-order valence-electron chi connectivity index (χ3n) is 4.36. The molecule has 1 aliphatic rings. The van der Waals surface area contributed by atoms with E-state index in [1.54, 1.807) is 35.2 Å². The van der Waals surface area contributed by atoms with E-state index in [1.165, 1.54) is 12.1 Å². The summed E-state index contributed by atoms with van der Waals surface area (Å²) >= 11 is 11.9. The van der Waals surface area contributed by atoms with E-state index in [0.29, 0.717) is 35.2 Å². The number of halogens is 3. The molecule has 0 aliphatic carbocycles. The fraction of sp³-hybridized carbons (Fsp3) is 0.263. The van der Waals surface area contributed by atoms with Crippen LogP contribution in [0.15, 0.2) is 42.5 Å². The largest absolute Gasteiger partial charge is 0.342 e. The molecule has 1 N–H and O–H groups in total. The van der Waals surface area contributed by atoms with Crippen LogP contribution in [0.3, 0.4) is 0 Å². The lowest BCUT2D eigenvalue weighted by molar-refractivity contribution is -0.128. The number of benzene rings is 2. The minimum Gasteiger partial charge on any atom is -0.342 e. The highest BCUT2D eigenvalue weighted by atomic mass is 35.5. The molecule has 1 heterocycles. The molecule has 0 spiro atoms. The Balaban J connectivity index is 1.56. The van der Waals surface area contributed by atoms with Crippen LogP contribution in [0.1, 0.15) is 12.0 Å². The monoisotopic (exact) mass is 394 g/mol. The predicted molar refractivity (Wildman–Crippen MR) is 99.9 cm³/mol. The van der Waals surface area contributed by atoms with Crippen molar-refractivity contribution in [2.24, 2.45) is 5.92 Å². The Morgan fingerprint density at radius 3 is 2.62 bits per heavy atom. The Hall–Kier alpha value is -2.11. The molecule has 4 nitrogen and oxygen atoms in total. The van der Waals surface area contributed by atoms with Crippen LogP contribution in [0, 0.1) is 11.7 Å². The molecule has 0 aromatic heterocycles. The zero-order valence-corrected chi connectivity index (χ0v) is 15.4. The molecule has 1 fully saturated rings. The van der Waals surface area contributed by atoms with Crippen LogP contribution in [0.2, 0.25) is 10.0 Å². The molecule has 0 unspecified atom stereocenters. The summed E-state index contributed by atoms with van der Waals surface area (Å²) in [6, 6.07) is 11.0. The lowest BCUT2D eigenvalue weighted by atomic mass is 10.1. The third-order valence-corrected chi connectivity index (χ3v) is 4.91. The summed E-state index contributed by atoms with van der Waals surface area (Å²) < 4.78 is 12.9. The molecular weight excluding hydrogens is 378 g/mol. The van der Waals surface area contributed by atoms with Crippen molar-refractivity contribution >= 4 is 40.7 Å². The number of nitrogens with zero attached hydrogens (tertiary/aromatic N) is 1. The van der Waals surface area contributed by atoms with Crippen molar-refractivity contribution < 1.29 is 14.0 Å². The summed E-state index contributed by atoms with van der Waals surface area (Å²) in [5, 5.41) is 3.58. The Labute approximate surface area is 160 Å². The van der Waals surface area contributed by atoms with Gasteiger partial charge in [-0.2, -0.15) is 0 Å². The highest BCUT2D eigenvalue weighted by Gasteiger charge is 2.34. The molecular formula is C19H17Cl2FN2O2. The first-order chi connectivity index (χ1) is 12.4. The summed E-state index contributed by atoms with van der Waals surface area (Å²) in [6.45, 7) is 0.854. The second-order valence-electron chi connectivity index (χ2n) is 6.23. The molecule has 1 atom stereocenters. The Morgan fingerprint density at radius 1 is 1.19 bits per heavy atom. The highest BCUT2D eigenvalue weighted by Crippen LogP contribution is 2.27. The normalized spacial score (nSPS) is 16.8. The van der Waals surface area contributed by atoms with Crippen LogP contribution in [0.25, 0.3) is 0 Å². The van der Waals surface area contributed by atoms with Crippen molar-refractivity contribution in [1.82, 2.24) is 4.90 Å². The molecule has 3 rings (SSSR count). The SMILES string of the molecule is O=C(Nc1ccc(Cl)cc1Cl)[C@H]1CC(=O)N(CCc2ccc(F)cc2)C1. The molecule has 1 saturated heterocycles. The van der Waals surface area contributed by atoms with Gasteiger partial charge in [-0.05, 0) is 42.3 Å². The fourth-order valence-corrected chi connectivity index (χ4v) is 3.36. The number of amides is 2. The van der Waals surface area contributed by atoms with E-state index in [-0.39, 0.29) is 24.1 Å². The number of carbonyl (C=O) groups excluding carboxylic acids is 2. The third kappa shape index (κ3) is 4.54. The molecule has 0 bridgehead atoms. The van der Waals surface area contributed by atoms with Crippen molar-refractivity contribution in [1.29, 1.82) is 0 Å². The van der Waals surface area contributed by atoms with E-state index in [1.807, 2.05) is 0 Å². The van der Waals surface area contributed by atoms with Crippen LogP contribution >= 0.6 is 23.2 Å². The topological polar surface area (TPSA) is 49.4 Å². The molecule has 2 aromatic carbocycles. The first kappa shape index (κ1) is 18.7. The maximum absolute atomic E-state index is 12.9. The first-order valence-electron chi connectivity index (χ1n) is 8.20. The predicted octanol–water partition coefficient (Wildman–Crippen LogP) is 4.16. The Kier molecular flexibility index (Phi) is 5.79. The van der Waals surface area contributed by atoms with E-state index in [9.17, 15) is 14.0 Å². The number of anilines is 1. The number of hydrogen-bond acceptors (Lipinski definition) is 2. The van der Waals surface area contributed by atoms with Crippen LogP contribution in [-0.2, 0) is 16.0 Å². The van der Waals surface area contributed by atoms with E-state index in [0.717, 1.165) is 5.56 Å². The molecule has 0 radical (unpaired) electrons. The average molecular weight is 395 g/mol. The van der Waals surface area contributed by atoms with Gasteiger partial charge in [0.05, 0.1) is 16.6 Å². The van der Waals surface area contributed by atoms with Gasteiger partial charge in [0.1, 0.15) is 5.82 Å². The molecule has 1 aliphatic heterocycles. The van der Waals surface area contributed by atoms with Crippen molar-refractivity contribution in [3.8, 4) is 0 Å². The smallest absolute Gasteiger partial charge is 0.229 e. The zero-order valence-electron chi connectivity index (χ0n) is 13.8. The van der Waals surface area contributed by atoms with Gasteiger partial charge in [-0.25, -0.2) is 4.39 Å². The summed E-state index contributed by atoms with van der Waals surface area (Å²) in [7, 11) is 0. The van der Waals surface area contributed by atoms with Crippen LogP contribution in [-0.4, -0.2) is 29.8 Å². The first-order valence-corrected chi connectivity index (χ1v) is 8.96. The summed E-state index contributed by atoms with van der Waals surface area (Å²) in [5.74, 6) is -1.02. The van der Waals surface area contributed by atoms with E-state index >= 15 is 0 Å². The highest BCUT2D eigenvalue weighted by molar-refractivity contribution is 6.36. The van der Waals surface area contributed by atoms with Gasteiger partial charge < -0.3 is 10.2 Å². The quantitative estimate of drug-likeness (QED) is 0.827. The van der Waals surface area contributed by atoms with Crippen LogP contribution in [0.5, 0.6) is 0 Å². The van der Waals surface area contributed by atoms with Crippen molar-refractivity contribution in [2.75, 3.05) is 18.4 Å². The lowest BCUT2D eigenvalue weighted by Crippen LogP contribution is -2.30. The number of likely N-dealkylation sites (tertiary alicyclic amines) is 1. The zero-order chi connectivity index (χ0) is 18.7. The van der Waals surface area contributed by atoms with Crippen molar-refractivity contribution in [3.05, 3.63) is 63.9 Å². The van der Waals surface area contributed by atoms with Gasteiger partial charge in [-0.1, -0.05) is 35.3 Å². The second-order valence-corrected chi connectivity index (χ2v) is 7.07. The van der Waals surface area contributed by atoms with Crippen LogP contribution < -0.4 is 5.32 Å². The minimum absolute atomic E-state index is 0.0607. The molecule has 136 valence electrons. The molecule has 0 saturated carbocycles. The minimum atomic E-state index is -0.428. The number of carbonyl (C=O) groups is 2. The molecule has 26 heavy (non-hydrogen) atoms. The Bertz CT molecular complexity index is 827. The summed E-state index contributed by atoms with van der Waals surface area (Å²) in [4.78, 5) is 26.3. The molecule has 2 amide bonds. The van der Waals surface area contributed by atoms with Crippen molar-refractivity contribution in [3.63, 3.8) is 0 Å². The van der Waals surface area contributed by atoms with Gasteiger partial charge in [0, 0.05) is 24.5 Å². The van der Waals surface area contributed by atoms with Crippen molar-refractivity contribution in [2.45, 2.75) is 12.8 Å². The number of nitrogens with one attached hydrogen (secondary N) is 1. The van der Waals surface area contributed by atoms with Gasteiger partial charge >= 0.3 is 0 Å². The number of hydrogen-bond donors (Lipinski definition) is 1. The standard InChI is InChI=1S/C19H17Cl2FN2O2/c20-14-3-6-17(16(21)10-14)23-19(26)13-9-18(25)24(11-13)8-7-12-1-4-15(22)5-2-12/h1-6,10,13H,7-9,11H2,(H,23,26)/t13-/m0/s1. The maximum Gasteiger partial charge on any atom is 0.229 e. The van der Waals surface area contributed by atoms with Gasteiger partial charge in [0.2, 0.25) is 11.8 Å². The summed E-state index contributed by atoms with van der Waals surface area (Å²) in [6.07, 6.45) is 0.782. The van der Waals surface area contributed by atoms with Gasteiger partial charge in [0.25, 0.3) is 0 Å². The summed E-state index contributed by atoms with van der Waals surface area (Å²) in [5.41, 5.74) is 1.42. The van der Waals surface area contributed by atoms with Gasteiger partial charge in [-0.15, -0.1) is 0 Å². The van der Waals surface area contributed by atoms with Gasteiger partial charge in [0.15, 0.2) is 0 Å². The fourth-order valence-electron chi connectivity index (χ4n) is 2.90. The van der Waals surface area contributed by atoms with E-state index in [2.05, 4.69) is 5.32 Å². The molecule has 7 heteroatoms. The van der Waals surface area contributed by atoms with E-state index < -0.39 is 5.92 Å². The number of rotatable bonds is 5. The lowest BCUT2D eigenvalue weighted by Gasteiger charge is -2.17. The van der Waals surface area contributed by atoms with Gasteiger partial charge in [-0.3, -0.25) is 9.59 Å².